The second-order valence-corrected chi connectivity index (χ2v) is 5.58. The number of nitrogens with zero attached hydrogens (tertiary/aromatic N) is 2. The molecule has 2 saturated heterocycles. The first-order valence-electron chi connectivity index (χ1n) is 7.36. The Balaban J connectivity index is 1.99. The van der Waals surface area contributed by atoms with Crippen molar-refractivity contribution in [2.45, 2.75) is 45.1 Å². The fourth-order valence-corrected chi connectivity index (χ4v) is 3.22. The van der Waals surface area contributed by atoms with Crippen molar-refractivity contribution in [3.05, 3.63) is 12.7 Å². The third-order valence-electron chi connectivity index (χ3n) is 4.29. The summed E-state index contributed by atoms with van der Waals surface area (Å²) in [5.74, 6) is 0.134. The minimum atomic E-state index is -0.139. The van der Waals surface area contributed by atoms with Gasteiger partial charge in [-0.1, -0.05) is 13.0 Å². The Morgan fingerprint density at radius 2 is 2.26 bits per heavy atom. The molecule has 0 aromatic heterocycles. The van der Waals surface area contributed by atoms with E-state index in [-0.39, 0.29) is 17.7 Å². The zero-order valence-corrected chi connectivity index (χ0v) is 11.8. The predicted molar refractivity (Wildman–Crippen MR) is 74.5 cm³/mol. The fourth-order valence-electron chi connectivity index (χ4n) is 3.22. The van der Waals surface area contributed by atoms with Crippen LogP contribution in [0.4, 0.5) is 0 Å². The summed E-state index contributed by atoms with van der Waals surface area (Å²) in [4.78, 5) is 28.2. The van der Waals surface area contributed by atoms with Crippen LogP contribution in [0.3, 0.4) is 0 Å². The highest BCUT2D eigenvalue weighted by Gasteiger charge is 2.38. The SMILES string of the molecule is C=CCN1CC(C(=O)N2CCCCC2CC)CC1=O. The van der Waals surface area contributed by atoms with Gasteiger partial charge in [-0.25, -0.2) is 0 Å². The monoisotopic (exact) mass is 264 g/mol. The van der Waals surface area contributed by atoms with Gasteiger partial charge in [-0.2, -0.15) is 0 Å². The molecule has 0 saturated carbocycles. The summed E-state index contributed by atoms with van der Waals surface area (Å²) in [6.07, 6.45) is 6.54. The zero-order chi connectivity index (χ0) is 13.8. The third kappa shape index (κ3) is 2.99. The molecule has 106 valence electrons. The number of amides is 2. The molecule has 2 fully saturated rings. The number of rotatable bonds is 4. The van der Waals surface area contributed by atoms with Crippen LogP contribution in [-0.4, -0.2) is 47.3 Å². The molecule has 0 spiro atoms. The number of hydrogen-bond acceptors (Lipinski definition) is 2. The lowest BCUT2D eigenvalue weighted by Crippen LogP contribution is -2.46. The van der Waals surface area contributed by atoms with E-state index >= 15 is 0 Å². The average molecular weight is 264 g/mol. The van der Waals surface area contributed by atoms with Crippen LogP contribution in [0.5, 0.6) is 0 Å². The molecular weight excluding hydrogens is 240 g/mol. The molecule has 2 unspecified atom stereocenters. The summed E-state index contributed by atoms with van der Waals surface area (Å²) >= 11 is 0. The lowest BCUT2D eigenvalue weighted by atomic mass is 9.97. The minimum absolute atomic E-state index is 0.0864. The molecule has 2 amide bonds. The minimum Gasteiger partial charge on any atom is -0.339 e. The maximum Gasteiger partial charge on any atom is 0.228 e. The molecule has 19 heavy (non-hydrogen) atoms. The van der Waals surface area contributed by atoms with Gasteiger partial charge in [0.25, 0.3) is 0 Å². The smallest absolute Gasteiger partial charge is 0.228 e. The summed E-state index contributed by atoms with van der Waals surface area (Å²) in [5.41, 5.74) is 0. The highest BCUT2D eigenvalue weighted by atomic mass is 16.2. The van der Waals surface area contributed by atoms with Crippen LogP contribution < -0.4 is 0 Å². The van der Waals surface area contributed by atoms with Crippen molar-refractivity contribution in [3.8, 4) is 0 Å². The Morgan fingerprint density at radius 3 is 2.95 bits per heavy atom. The Bertz CT molecular complexity index is 367. The van der Waals surface area contributed by atoms with Crippen molar-refractivity contribution in [1.29, 1.82) is 0 Å². The van der Waals surface area contributed by atoms with Crippen molar-refractivity contribution in [1.82, 2.24) is 9.80 Å². The molecule has 2 aliphatic heterocycles. The van der Waals surface area contributed by atoms with E-state index in [1.807, 2.05) is 4.90 Å². The molecular formula is C15H24N2O2. The molecule has 4 heteroatoms. The van der Waals surface area contributed by atoms with E-state index in [9.17, 15) is 9.59 Å². The Labute approximate surface area is 115 Å². The second kappa shape index (κ2) is 6.22. The van der Waals surface area contributed by atoms with Gasteiger partial charge >= 0.3 is 0 Å². The van der Waals surface area contributed by atoms with E-state index in [1.165, 1.54) is 6.42 Å². The van der Waals surface area contributed by atoms with Gasteiger partial charge in [0, 0.05) is 32.1 Å². The lowest BCUT2D eigenvalue weighted by Gasteiger charge is -2.36. The number of carbonyl (C=O) groups excluding carboxylic acids is 2. The number of carbonyl (C=O) groups is 2. The maximum absolute atomic E-state index is 12.6. The standard InChI is InChI=1S/C15H24N2O2/c1-3-8-16-11-12(10-14(16)18)15(19)17-9-6-5-7-13(17)4-2/h3,12-13H,1,4-11H2,2H3. The molecule has 0 aromatic carbocycles. The van der Waals surface area contributed by atoms with Crippen molar-refractivity contribution in [2.24, 2.45) is 5.92 Å². The number of hydrogen-bond donors (Lipinski definition) is 0. The van der Waals surface area contributed by atoms with Crippen molar-refractivity contribution >= 4 is 11.8 Å². The van der Waals surface area contributed by atoms with Gasteiger partial charge in [0.15, 0.2) is 0 Å². The molecule has 0 bridgehead atoms. The first-order valence-corrected chi connectivity index (χ1v) is 7.36. The second-order valence-electron chi connectivity index (χ2n) is 5.58. The van der Waals surface area contributed by atoms with Crippen LogP contribution in [0.25, 0.3) is 0 Å². The quantitative estimate of drug-likeness (QED) is 0.727. The average Bonchev–Trinajstić information content (AvgIpc) is 2.80. The Kier molecular flexibility index (Phi) is 4.61. The van der Waals surface area contributed by atoms with E-state index in [1.54, 1.807) is 11.0 Å². The molecule has 2 aliphatic rings. The molecule has 2 atom stereocenters. The molecule has 0 aromatic rings. The molecule has 2 heterocycles. The van der Waals surface area contributed by atoms with Crippen LogP contribution in [0, 0.1) is 5.92 Å². The van der Waals surface area contributed by atoms with Gasteiger partial charge in [-0.15, -0.1) is 6.58 Å². The largest absolute Gasteiger partial charge is 0.339 e. The molecule has 0 N–H and O–H groups in total. The van der Waals surface area contributed by atoms with E-state index in [2.05, 4.69) is 13.5 Å². The normalized spacial score (nSPS) is 27.7. The summed E-state index contributed by atoms with van der Waals surface area (Å²) < 4.78 is 0. The summed E-state index contributed by atoms with van der Waals surface area (Å²) in [6, 6.07) is 0.379. The first-order chi connectivity index (χ1) is 9.17. The highest BCUT2D eigenvalue weighted by Crippen LogP contribution is 2.26. The predicted octanol–water partition coefficient (Wildman–Crippen LogP) is 1.81. The molecule has 0 radical (unpaired) electrons. The highest BCUT2D eigenvalue weighted by molar-refractivity contribution is 5.89. The topological polar surface area (TPSA) is 40.6 Å². The van der Waals surface area contributed by atoms with Crippen LogP contribution in [-0.2, 0) is 9.59 Å². The van der Waals surface area contributed by atoms with Gasteiger partial charge < -0.3 is 9.80 Å². The zero-order valence-electron chi connectivity index (χ0n) is 11.8. The molecule has 4 nitrogen and oxygen atoms in total. The van der Waals surface area contributed by atoms with Gasteiger partial charge in [-0.3, -0.25) is 9.59 Å². The third-order valence-corrected chi connectivity index (χ3v) is 4.29. The van der Waals surface area contributed by atoms with Crippen LogP contribution in [0.1, 0.15) is 39.0 Å². The van der Waals surface area contributed by atoms with Gasteiger partial charge in [0.2, 0.25) is 11.8 Å². The van der Waals surface area contributed by atoms with Gasteiger partial charge in [-0.05, 0) is 25.7 Å². The maximum atomic E-state index is 12.6. The summed E-state index contributed by atoms with van der Waals surface area (Å²) in [6.45, 7) is 7.78. The van der Waals surface area contributed by atoms with E-state index < -0.39 is 0 Å². The number of likely N-dealkylation sites (tertiary alicyclic amines) is 2. The van der Waals surface area contributed by atoms with Crippen molar-refractivity contribution in [3.63, 3.8) is 0 Å². The van der Waals surface area contributed by atoms with Crippen molar-refractivity contribution < 1.29 is 9.59 Å². The first kappa shape index (κ1) is 14.1. The fraction of sp³-hybridized carbons (Fsp3) is 0.733. The van der Waals surface area contributed by atoms with E-state index in [0.717, 1.165) is 25.8 Å². The molecule has 0 aliphatic carbocycles. The Hall–Kier alpha value is -1.32. The Morgan fingerprint density at radius 1 is 1.47 bits per heavy atom. The van der Waals surface area contributed by atoms with Crippen LogP contribution in [0.15, 0.2) is 12.7 Å². The lowest BCUT2D eigenvalue weighted by molar-refractivity contribution is -0.139. The summed E-state index contributed by atoms with van der Waals surface area (Å²) in [7, 11) is 0. The van der Waals surface area contributed by atoms with Crippen LogP contribution in [0.2, 0.25) is 0 Å². The number of piperidine rings is 1. The van der Waals surface area contributed by atoms with Gasteiger partial charge in [0.05, 0.1) is 5.92 Å². The van der Waals surface area contributed by atoms with Crippen LogP contribution >= 0.6 is 0 Å². The van der Waals surface area contributed by atoms with E-state index in [4.69, 9.17) is 0 Å². The summed E-state index contributed by atoms with van der Waals surface area (Å²) in [5, 5.41) is 0. The van der Waals surface area contributed by atoms with Crippen molar-refractivity contribution in [2.75, 3.05) is 19.6 Å². The van der Waals surface area contributed by atoms with Gasteiger partial charge in [0.1, 0.15) is 0 Å². The molecule has 2 rings (SSSR count). The van der Waals surface area contributed by atoms with E-state index in [0.29, 0.717) is 25.6 Å².